The van der Waals surface area contributed by atoms with Crippen molar-refractivity contribution in [3.63, 3.8) is 0 Å². The van der Waals surface area contributed by atoms with Crippen LogP contribution < -0.4 is 5.32 Å². The first-order chi connectivity index (χ1) is 27.0. The number of rotatable bonds is 43. The van der Waals surface area contributed by atoms with Crippen LogP contribution in [-0.4, -0.2) is 46.9 Å². The summed E-state index contributed by atoms with van der Waals surface area (Å²) in [5.41, 5.74) is 0. The highest BCUT2D eigenvalue weighted by atomic mass is 16.5. The molecule has 3 atom stereocenters. The zero-order valence-corrected chi connectivity index (χ0v) is 36.8. The van der Waals surface area contributed by atoms with Crippen LogP contribution in [0.3, 0.4) is 0 Å². The summed E-state index contributed by atoms with van der Waals surface area (Å²) in [6, 6.07) is -0.695. The maximum absolute atomic E-state index is 13.1. The van der Waals surface area contributed by atoms with Crippen molar-refractivity contribution in [2.45, 2.75) is 270 Å². The molecule has 3 unspecified atom stereocenters. The summed E-state index contributed by atoms with van der Waals surface area (Å²) in [6.07, 6.45) is 48.1. The second-order valence-corrected chi connectivity index (χ2v) is 16.5. The molecule has 0 aromatic heterocycles. The number of carbonyl (C=O) groups is 2. The summed E-state index contributed by atoms with van der Waals surface area (Å²) in [4.78, 5) is 26.0. The number of hydrogen-bond donors (Lipinski definition) is 3. The molecule has 0 bridgehead atoms. The lowest BCUT2D eigenvalue weighted by Crippen LogP contribution is -2.46. The molecule has 6 heteroatoms. The van der Waals surface area contributed by atoms with Crippen LogP contribution in [0.5, 0.6) is 0 Å². The molecule has 0 aliphatic carbocycles. The average molecular weight is 776 g/mol. The highest BCUT2D eigenvalue weighted by Crippen LogP contribution is 2.18. The summed E-state index contributed by atoms with van der Waals surface area (Å²) >= 11 is 0. The van der Waals surface area contributed by atoms with Crippen molar-refractivity contribution in [2.75, 3.05) is 6.61 Å². The first-order valence-corrected chi connectivity index (χ1v) is 24.1. The predicted molar refractivity (Wildman–Crippen MR) is 236 cm³/mol. The van der Waals surface area contributed by atoms with E-state index in [1.807, 2.05) is 0 Å². The van der Waals surface area contributed by atoms with E-state index in [1.165, 1.54) is 148 Å². The molecule has 324 valence electrons. The van der Waals surface area contributed by atoms with Gasteiger partial charge in [0.2, 0.25) is 5.91 Å². The summed E-state index contributed by atoms with van der Waals surface area (Å²) in [6.45, 7) is 6.43. The molecule has 3 N–H and O–H groups in total. The molecule has 6 nitrogen and oxygen atoms in total. The van der Waals surface area contributed by atoms with E-state index in [1.54, 1.807) is 0 Å². The lowest BCUT2D eigenvalue weighted by Gasteiger charge is -2.24. The standard InChI is InChI=1S/C49H93NO5/c1-4-7-10-13-16-19-21-22-23-24-25-26-27-30-33-36-39-42-49(54)55-45(40-37-34-31-28-18-15-12-9-6-3)43-48(53)50-46(44-51)47(52)41-38-35-32-29-20-17-14-11-8-5-2/h16,19,22-23,45-47,51-52H,4-15,17-18,20-21,24-44H2,1-3H3,(H,50,53)/b19-16-,23-22-. The van der Waals surface area contributed by atoms with E-state index >= 15 is 0 Å². The minimum atomic E-state index is -0.782. The maximum Gasteiger partial charge on any atom is 0.306 e. The number of ether oxygens (including phenoxy) is 1. The van der Waals surface area contributed by atoms with E-state index in [2.05, 4.69) is 50.4 Å². The molecule has 0 heterocycles. The van der Waals surface area contributed by atoms with Crippen molar-refractivity contribution in [3.8, 4) is 0 Å². The molecule has 0 spiro atoms. The number of carbonyl (C=O) groups excluding carboxylic acids is 2. The minimum Gasteiger partial charge on any atom is -0.462 e. The van der Waals surface area contributed by atoms with Crippen LogP contribution in [0.25, 0.3) is 0 Å². The smallest absolute Gasteiger partial charge is 0.306 e. The Balaban J connectivity index is 4.47. The van der Waals surface area contributed by atoms with Gasteiger partial charge in [-0.1, -0.05) is 206 Å². The second kappa shape index (κ2) is 43.5. The number of unbranched alkanes of at least 4 members (excludes halogenated alkanes) is 27. The molecule has 0 aliphatic rings. The molecule has 0 aromatic carbocycles. The fraction of sp³-hybridized carbons (Fsp3) is 0.878. The lowest BCUT2D eigenvalue weighted by atomic mass is 10.0. The Morgan fingerprint density at radius 2 is 0.927 bits per heavy atom. The van der Waals surface area contributed by atoms with E-state index in [0.717, 1.165) is 57.8 Å². The molecule has 55 heavy (non-hydrogen) atoms. The van der Waals surface area contributed by atoms with Crippen LogP contribution in [0.4, 0.5) is 0 Å². The monoisotopic (exact) mass is 776 g/mol. The topological polar surface area (TPSA) is 95.9 Å². The van der Waals surface area contributed by atoms with Gasteiger partial charge in [0.05, 0.1) is 25.2 Å². The van der Waals surface area contributed by atoms with Crippen molar-refractivity contribution in [1.82, 2.24) is 5.32 Å². The Bertz CT molecular complexity index is 873. The molecule has 0 saturated carbocycles. The van der Waals surface area contributed by atoms with Crippen LogP contribution in [0.1, 0.15) is 252 Å². The van der Waals surface area contributed by atoms with Gasteiger partial charge in [-0.15, -0.1) is 0 Å². The predicted octanol–water partition coefficient (Wildman–Crippen LogP) is 14.0. The molecule has 0 fully saturated rings. The molecular formula is C49H93NO5. The zero-order chi connectivity index (χ0) is 40.3. The van der Waals surface area contributed by atoms with Gasteiger partial charge in [0.1, 0.15) is 6.10 Å². The molecule has 0 saturated heterocycles. The maximum atomic E-state index is 13.1. The molecule has 0 aliphatic heterocycles. The van der Waals surface area contributed by atoms with E-state index in [4.69, 9.17) is 4.74 Å². The van der Waals surface area contributed by atoms with Gasteiger partial charge in [0.15, 0.2) is 0 Å². The van der Waals surface area contributed by atoms with Crippen LogP contribution >= 0.6 is 0 Å². The summed E-state index contributed by atoms with van der Waals surface area (Å²) < 4.78 is 5.90. The van der Waals surface area contributed by atoms with Crippen molar-refractivity contribution in [3.05, 3.63) is 24.3 Å². The van der Waals surface area contributed by atoms with Crippen molar-refractivity contribution in [2.24, 2.45) is 0 Å². The Hall–Kier alpha value is -1.66. The summed E-state index contributed by atoms with van der Waals surface area (Å²) in [5, 5.41) is 23.6. The van der Waals surface area contributed by atoms with Crippen LogP contribution in [0, 0.1) is 0 Å². The van der Waals surface area contributed by atoms with Crippen LogP contribution in [-0.2, 0) is 14.3 Å². The average Bonchev–Trinajstić information content (AvgIpc) is 3.18. The highest BCUT2D eigenvalue weighted by Gasteiger charge is 2.24. The fourth-order valence-electron chi connectivity index (χ4n) is 7.34. The van der Waals surface area contributed by atoms with E-state index in [9.17, 15) is 19.8 Å². The lowest BCUT2D eigenvalue weighted by molar-refractivity contribution is -0.151. The van der Waals surface area contributed by atoms with Gasteiger partial charge in [0, 0.05) is 6.42 Å². The largest absolute Gasteiger partial charge is 0.462 e. The first-order valence-electron chi connectivity index (χ1n) is 24.1. The third-order valence-corrected chi connectivity index (χ3v) is 11.0. The Morgan fingerprint density at radius 1 is 0.527 bits per heavy atom. The minimum absolute atomic E-state index is 0.0785. The third kappa shape index (κ3) is 39.0. The normalized spacial score (nSPS) is 13.5. The van der Waals surface area contributed by atoms with Crippen molar-refractivity contribution in [1.29, 1.82) is 0 Å². The highest BCUT2D eigenvalue weighted by molar-refractivity contribution is 5.77. The van der Waals surface area contributed by atoms with Gasteiger partial charge in [-0.2, -0.15) is 0 Å². The fourth-order valence-corrected chi connectivity index (χ4v) is 7.34. The third-order valence-electron chi connectivity index (χ3n) is 11.0. The zero-order valence-electron chi connectivity index (χ0n) is 36.8. The van der Waals surface area contributed by atoms with Crippen LogP contribution in [0.2, 0.25) is 0 Å². The van der Waals surface area contributed by atoms with Gasteiger partial charge < -0.3 is 20.3 Å². The Labute approximate surface area is 341 Å². The van der Waals surface area contributed by atoms with E-state index in [-0.39, 0.29) is 24.9 Å². The van der Waals surface area contributed by atoms with Gasteiger partial charge in [-0.25, -0.2) is 0 Å². The van der Waals surface area contributed by atoms with E-state index in [0.29, 0.717) is 19.3 Å². The van der Waals surface area contributed by atoms with E-state index < -0.39 is 18.2 Å². The summed E-state index contributed by atoms with van der Waals surface area (Å²) in [5.74, 6) is -0.476. The number of amides is 1. The van der Waals surface area contributed by atoms with Crippen molar-refractivity contribution < 1.29 is 24.5 Å². The van der Waals surface area contributed by atoms with Gasteiger partial charge in [0.25, 0.3) is 0 Å². The SMILES string of the molecule is CCCCC/C=C\C/C=C\CCCCCCCCCC(=O)OC(CCCCCCCCCCC)CC(=O)NC(CO)C(O)CCCCCCCCCCCC. The van der Waals surface area contributed by atoms with Gasteiger partial charge in [-0.05, 0) is 57.8 Å². The van der Waals surface area contributed by atoms with Crippen LogP contribution in [0.15, 0.2) is 24.3 Å². The first kappa shape index (κ1) is 53.3. The Kier molecular flexibility index (Phi) is 42.2. The molecule has 0 rings (SSSR count). The van der Waals surface area contributed by atoms with Gasteiger partial charge >= 0.3 is 5.97 Å². The van der Waals surface area contributed by atoms with Crippen molar-refractivity contribution >= 4 is 11.9 Å². The number of hydrogen-bond acceptors (Lipinski definition) is 5. The number of nitrogens with one attached hydrogen (secondary N) is 1. The number of esters is 1. The number of allylic oxidation sites excluding steroid dienone is 4. The summed E-state index contributed by atoms with van der Waals surface area (Å²) in [7, 11) is 0. The molecule has 0 radical (unpaired) electrons. The second-order valence-electron chi connectivity index (χ2n) is 16.5. The molecular weight excluding hydrogens is 683 g/mol. The number of aliphatic hydroxyl groups is 2. The molecule has 0 aromatic rings. The number of aliphatic hydroxyl groups excluding tert-OH is 2. The Morgan fingerprint density at radius 3 is 1.42 bits per heavy atom. The van der Waals surface area contributed by atoms with Gasteiger partial charge in [-0.3, -0.25) is 9.59 Å². The molecule has 1 amide bonds. The quantitative estimate of drug-likeness (QED) is 0.0326.